The molecule has 20 heavy (non-hydrogen) atoms. The zero-order valence-corrected chi connectivity index (χ0v) is 12.2. The quantitative estimate of drug-likeness (QED) is 0.905. The Morgan fingerprint density at radius 2 is 1.50 bits per heavy atom. The third-order valence-electron chi connectivity index (χ3n) is 3.66. The van der Waals surface area contributed by atoms with Crippen LogP contribution in [0.15, 0.2) is 48.5 Å². The molecule has 0 fully saturated rings. The van der Waals surface area contributed by atoms with Gasteiger partial charge in [0.05, 0.1) is 14.2 Å². The Morgan fingerprint density at radius 1 is 0.850 bits per heavy atom. The number of rotatable bonds is 5. The molecule has 0 aliphatic heterocycles. The van der Waals surface area contributed by atoms with Gasteiger partial charge in [0, 0.05) is 12.0 Å². The molecule has 106 valence electrons. The summed E-state index contributed by atoms with van der Waals surface area (Å²) >= 11 is 0. The molecule has 2 aromatic carbocycles. The van der Waals surface area contributed by atoms with Crippen LogP contribution in [0.1, 0.15) is 30.0 Å². The van der Waals surface area contributed by atoms with Crippen molar-refractivity contribution in [1.29, 1.82) is 0 Å². The zero-order valence-electron chi connectivity index (χ0n) is 12.2. The molecule has 0 aromatic heterocycles. The van der Waals surface area contributed by atoms with E-state index in [1.54, 1.807) is 14.2 Å². The van der Waals surface area contributed by atoms with E-state index < -0.39 is 0 Å². The minimum Gasteiger partial charge on any atom is -0.493 e. The lowest BCUT2D eigenvalue weighted by Gasteiger charge is -2.21. The van der Waals surface area contributed by atoms with E-state index in [9.17, 15) is 0 Å². The van der Waals surface area contributed by atoms with Gasteiger partial charge in [-0.25, -0.2) is 0 Å². The zero-order chi connectivity index (χ0) is 14.5. The highest BCUT2D eigenvalue weighted by Gasteiger charge is 2.18. The summed E-state index contributed by atoms with van der Waals surface area (Å²) in [7, 11) is 3.26. The van der Waals surface area contributed by atoms with Crippen LogP contribution in [0.5, 0.6) is 11.5 Å². The highest BCUT2D eigenvalue weighted by atomic mass is 16.5. The van der Waals surface area contributed by atoms with Gasteiger partial charge in [0.25, 0.3) is 0 Å². The second-order valence-corrected chi connectivity index (χ2v) is 4.84. The van der Waals surface area contributed by atoms with Crippen LogP contribution < -0.4 is 15.2 Å². The van der Waals surface area contributed by atoms with Crippen molar-refractivity contribution in [3.05, 3.63) is 59.7 Å². The highest BCUT2D eigenvalue weighted by molar-refractivity contribution is 5.44. The van der Waals surface area contributed by atoms with E-state index in [-0.39, 0.29) is 12.0 Å². The largest absolute Gasteiger partial charge is 0.493 e. The maximum atomic E-state index is 6.39. The molecule has 0 aliphatic carbocycles. The molecule has 2 rings (SSSR count). The molecule has 0 saturated carbocycles. The van der Waals surface area contributed by atoms with Gasteiger partial charge in [-0.3, -0.25) is 0 Å². The van der Waals surface area contributed by atoms with Gasteiger partial charge in [-0.15, -0.1) is 0 Å². The van der Waals surface area contributed by atoms with Gasteiger partial charge >= 0.3 is 0 Å². The molecule has 2 aromatic rings. The van der Waals surface area contributed by atoms with Crippen LogP contribution in [0.3, 0.4) is 0 Å². The van der Waals surface area contributed by atoms with Gasteiger partial charge in [-0.05, 0) is 23.3 Å². The third kappa shape index (κ3) is 2.94. The van der Waals surface area contributed by atoms with Gasteiger partial charge in [0.15, 0.2) is 11.5 Å². The Labute approximate surface area is 120 Å². The molecule has 2 unspecified atom stereocenters. The fraction of sp³-hybridized carbons (Fsp3) is 0.294. The summed E-state index contributed by atoms with van der Waals surface area (Å²) in [5, 5.41) is 0. The minimum atomic E-state index is -0.0859. The summed E-state index contributed by atoms with van der Waals surface area (Å²) in [4.78, 5) is 0. The molecule has 3 heteroatoms. The van der Waals surface area contributed by atoms with Gasteiger partial charge in [-0.1, -0.05) is 43.3 Å². The second-order valence-electron chi connectivity index (χ2n) is 4.84. The summed E-state index contributed by atoms with van der Waals surface area (Å²) in [5.41, 5.74) is 8.66. The first kappa shape index (κ1) is 14.4. The predicted octanol–water partition coefficient (Wildman–Crippen LogP) is 3.51. The average molecular weight is 271 g/mol. The van der Waals surface area contributed by atoms with Crippen LogP contribution in [-0.2, 0) is 0 Å². The van der Waals surface area contributed by atoms with E-state index in [4.69, 9.17) is 15.2 Å². The standard InChI is InChI=1S/C17H21NO2/c1-12(13-7-5-4-6-8-13)17(18)14-9-10-15(19-2)16(11-14)20-3/h4-12,17H,18H2,1-3H3. The van der Waals surface area contributed by atoms with Crippen molar-refractivity contribution in [3.8, 4) is 11.5 Å². The normalized spacial score (nSPS) is 13.6. The predicted molar refractivity (Wildman–Crippen MR) is 81.3 cm³/mol. The lowest BCUT2D eigenvalue weighted by molar-refractivity contribution is 0.354. The topological polar surface area (TPSA) is 44.5 Å². The fourth-order valence-electron chi connectivity index (χ4n) is 2.31. The molecule has 2 atom stereocenters. The van der Waals surface area contributed by atoms with Crippen molar-refractivity contribution in [2.45, 2.75) is 18.9 Å². The highest BCUT2D eigenvalue weighted by Crippen LogP contribution is 2.34. The molecule has 0 radical (unpaired) electrons. The number of benzene rings is 2. The molecule has 0 amide bonds. The van der Waals surface area contributed by atoms with Crippen molar-refractivity contribution in [3.63, 3.8) is 0 Å². The molecule has 0 saturated heterocycles. The molecule has 0 aliphatic rings. The molecular formula is C17H21NO2. The summed E-state index contributed by atoms with van der Waals surface area (Å²) < 4.78 is 10.6. The molecule has 0 spiro atoms. The fourth-order valence-corrected chi connectivity index (χ4v) is 2.31. The number of ether oxygens (including phenoxy) is 2. The van der Waals surface area contributed by atoms with Gasteiger partial charge < -0.3 is 15.2 Å². The van der Waals surface area contributed by atoms with Gasteiger partial charge in [-0.2, -0.15) is 0 Å². The van der Waals surface area contributed by atoms with Crippen molar-refractivity contribution in [2.24, 2.45) is 5.73 Å². The Balaban J connectivity index is 2.27. The summed E-state index contributed by atoms with van der Waals surface area (Å²) in [6, 6.07) is 16.0. The molecule has 0 bridgehead atoms. The van der Waals surface area contributed by atoms with Crippen LogP contribution in [0.4, 0.5) is 0 Å². The van der Waals surface area contributed by atoms with Crippen LogP contribution >= 0.6 is 0 Å². The number of nitrogens with two attached hydrogens (primary N) is 1. The van der Waals surface area contributed by atoms with E-state index in [0.717, 1.165) is 11.3 Å². The first-order chi connectivity index (χ1) is 9.67. The Bertz CT molecular complexity index is 554. The molecular weight excluding hydrogens is 250 g/mol. The van der Waals surface area contributed by atoms with Crippen molar-refractivity contribution in [2.75, 3.05) is 14.2 Å². The second kappa shape index (κ2) is 6.44. The maximum Gasteiger partial charge on any atom is 0.161 e. The van der Waals surface area contributed by atoms with E-state index in [2.05, 4.69) is 19.1 Å². The van der Waals surface area contributed by atoms with Gasteiger partial charge in [0.2, 0.25) is 0 Å². The molecule has 2 N–H and O–H groups in total. The molecule has 0 heterocycles. The Kier molecular flexibility index (Phi) is 4.64. The van der Waals surface area contributed by atoms with Gasteiger partial charge in [0.1, 0.15) is 0 Å². The SMILES string of the molecule is COc1ccc(C(N)C(C)c2ccccc2)cc1OC. The van der Waals surface area contributed by atoms with Crippen LogP contribution in [0.25, 0.3) is 0 Å². The third-order valence-corrected chi connectivity index (χ3v) is 3.66. The first-order valence-electron chi connectivity index (χ1n) is 6.69. The van der Waals surface area contributed by atoms with Crippen molar-refractivity contribution in [1.82, 2.24) is 0 Å². The summed E-state index contributed by atoms with van der Waals surface area (Å²) in [6.45, 7) is 2.14. The van der Waals surface area contributed by atoms with Crippen molar-refractivity contribution < 1.29 is 9.47 Å². The molecule has 3 nitrogen and oxygen atoms in total. The first-order valence-corrected chi connectivity index (χ1v) is 6.69. The summed E-state index contributed by atoms with van der Waals surface area (Å²) in [6.07, 6.45) is 0. The number of methoxy groups -OCH3 is 2. The van der Waals surface area contributed by atoms with Crippen molar-refractivity contribution >= 4 is 0 Å². The maximum absolute atomic E-state index is 6.39. The number of hydrogen-bond acceptors (Lipinski definition) is 3. The lowest BCUT2D eigenvalue weighted by Crippen LogP contribution is -2.17. The number of hydrogen-bond donors (Lipinski definition) is 1. The monoisotopic (exact) mass is 271 g/mol. The van der Waals surface area contributed by atoms with Crippen LogP contribution in [-0.4, -0.2) is 14.2 Å². The van der Waals surface area contributed by atoms with Crippen LogP contribution in [0, 0.1) is 0 Å². The smallest absolute Gasteiger partial charge is 0.161 e. The van der Waals surface area contributed by atoms with Crippen LogP contribution in [0.2, 0.25) is 0 Å². The minimum absolute atomic E-state index is 0.0859. The lowest BCUT2D eigenvalue weighted by atomic mass is 9.89. The van der Waals surface area contributed by atoms with E-state index >= 15 is 0 Å². The Hall–Kier alpha value is -2.00. The summed E-state index contributed by atoms with van der Waals surface area (Å²) in [5.74, 6) is 1.66. The average Bonchev–Trinajstić information content (AvgIpc) is 2.53. The van der Waals surface area contributed by atoms with E-state index in [1.165, 1.54) is 5.56 Å². The van der Waals surface area contributed by atoms with E-state index in [1.807, 2.05) is 36.4 Å². The van der Waals surface area contributed by atoms with E-state index in [0.29, 0.717) is 5.75 Å². The Morgan fingerprint density at radius 3 is 2.10 bits per heavy atom.